The summed E-state index contributed by atoms with van der Waals surface area (Å²) in [6.45, 7) is 0.551. The average Bonchev–Trinajstić information content (AvgIpc) is 3.37. The van der Waals surface area contributed by atoms with Crippen molar-refractivity contribution in [3.05, 3.63) is 40.8 Å². The van der Waals surface area contributed by atoms with Crippen LogP contribution in [0.1, 0.15) is 48.5 Å². The Morgan fingerprint density at radius 3 is 2.68 bits per heavy atom. The van der Waals surface area contributed by atoms with E-state index in [2.05, 4.69) is 15.2 Å². The van der Waals surface area contributed by atoms with Crippen LogP contribution >= 0.6 is 11.3 Å². The third kappa shape index (κ3) is 5.70. The molecule has 0 amide bonds. The van der Waals surface area contributed by atoms with Gasteiger partial charge in [-0.05, 0) is 57.4 Å². The SMILES string of the molecule is CN(Cc1cc(Cc2nc3cccnc3s2)nc(NC2CCC(O)CC2)n1)C1CCS(=O)(=O)C1. The molecule has 0 bridgehead atoms. The Balaban J connectivity index is 1.37. The number of aliphatic hydroxyl groups excluding tert-OH is 1. The fourth-order valence-electron chi connectivity index (χ4n) is 4.75. The largest absolute Gasteiger partial charge is 0.393 e. The Morgan fingerprint density at radius 1 is 1.15 bits per heavy atom. The molecule has 2 aliphatic rings. The minimum absolute atomic E-state index is 0.00925. The van der Waals surface area contributed by atoms with Gasteiger partial charge in [0.25, 0.3) is 0 Å². The van der Waals surface area contributed by atoms with Crippen LogP contribution in [0.2, 0.25) is 0 Å². The first-order valence-electron chi connectivity index (χ1n) is 11.8. The second-order valence-electron chi connectivity index (χ2n) is 9.41. The van der Waals surface area contributed by atoms with Gasteiger partial charge in [-0.25, -0.2) is 28.4 Å². The molecule has 1 aliphatic carbocycles. The number of nitrogens with zero attached hydrogens (tertiary/aromatic N) is 5. The summed E-state index contributed by atoms with van der Waals surface area (Å²) in [7, 11) is -0.986. The monoisotopic (exact) mass is 502 g/mol. The maximum Gasteiger partial charge on any atom is 0.223 e. The lowest BCUT2D eigenvalue weighted by molar-refractivity contribution is 0.126. The molecule has 182 valence electrons. The predicted octanol–water partition coefficient (Wildman–Crippen LogP) is 2.41. The Labute approximate surface area is 203 Å². The van der Waals surface area contributed by atoms with E-state index in [1.807, 2.05) is 25.2 Å². The van der Waals surface area contributed by atoms with Crippen molar-refractivity contribution in [2.45, 2.75) is 63.3 Å². The first-order valence-corrected chi connectivity index (χ1v) is 14.4. The summed E-state index contributed by atoms with van der Waals surface area (Å²) >= 11 is 1.57. The molecule has 0 aromatic carbocycles. The molecule has 1 saturated heterocycles. The predicted molar refractivity (Wildman–Crippen MR) is 133 cm³/mol. The minimum Gasteiger partial charge on any atom is -0.393 e. The van der Waals surface area contributed by atoms with Crippen molar-refractivity contribution in [1.29, 1.82) is 0 Å². The first kappa shape index (κ1) is 23.5. The van der Waals surface area contributed by atoms with E-state index in [1.165, 1.54) is 0 Å². The highest BCUT2D eigenvalue weighted by atomic mass is 32.2. The molecule has 0 spiro atoms. The lowest BCUT2D eigenvalue weighted by Gasteiger charge is -2.27. The van der Waals surface area contributed by atoms with Crippen molar-refractivity contribution in [3.63, 3.8) is 0 Å². The molecule has 3 aromatic rings. The first-order chi connectivity index (χ1) is 16.3. The Morgan fingerprint density at radius 2 is 1.94 bits per heavy atom. The second-order valence-corrected chi connectivity index (χ2v) is 12.7. The Kier molecular flexibility index (Phi) is 6.79. The van der Waals surface area contributed by atoms with Crippen LogP contribution < -0.4 is 5.32 Å². The molecule has 4 heterocycles. The molecule has 5 rings (SSSR count). The highest BCUT2D eigenvalue weighted by molar-refractivity contribution is 7.91. The summed E-state index contributed by atoms with van der Waals surface area (Å²) in [5, 5.41) is 14.2. The fraction of sp³-hybridized carbons (Fsp3) is 0.565. The average molecular weight is 503 g/mol. The molecule has 1 saturated carbocycles. The zero-order valence-corrected chi connectivity index (χ0v) is 20.9. The summed E-state index contributed by atoms with van der Waals surface area (Å²) in [5.74, 6) is 1.04. The summed E-state index contributed by atoms with van der Waals surface area (Å²) in [4.78, 5) is 21.6. The molecule has 9 nitrogen and oxygen atoms in total. The van der Waals surface area contributed by atoms with Gasteiger partial charge in [-0.2, -0.15) is 0 Å². The van der Waals surface area contributed by atoms with E-state index in [1.54, 1.807) is 17.5 Å². The van der Waals surface area contributed by atoms with Crippen LogP contribution in [-0.4, -0.2) is 75.1 Å². The van der Waals surface area contributed by atoms with Crippen LogP contribution in [0.15, 0.2) is 24.4 Å². The van der Waals surface area contributed by atoms with Crippen LogP contribution in [0, 0.1) is 0 Å². The molecule has 2 fully saturated rings. The van der Waals surface area contributed by atoms with Gasteiger partial charge in [0.05, 0.1) is 29.0 Å². The highest BCUT2D eigenvalue weighted by Gasteiger charge is 2.31. The lowest BCUT2D eigenvalue weighted by Crippen LogP contribution is -2.33. The highest BCUT2D eigenvalue weighted by Crippen LogP contribution is 2.25. The zero-order chi connectivity index (χ0) is 23.7. The smallest absolute Gasteiger partial charge is 0.223 e. The van der Waals surface area contributed by atoms with Gasteiger partial charge in [-0.15, -0.1) is 0 Å². The molecule has 11 heteroatoms. The lowest BCUT2D eigenvalue weighted by atomic mass is 9.93. The van der Waals surface area contributed by atoms with E-state index in [9.17, 15) is 13.5 Å². The second kappa shape index (κ2) is 9.80. The van der Waals surface area contributed by atoms with Crippen LogP contribution in [0.4, 0.5) is 5.95 Å². The van der Waals surface area contributed by atoms with Gasteiger partial charge in [0, 0.05) is 31.2 Å². The number of thiazole rings is 1. The van der Waals surface area contributed by atoms with E-state index >= 15 is 0 Å². The summed E-state index contributed by atoms with van der Waals surface area (Å²) in [6.07, 6.45) is 6.12. The number of rotatable bonds is 7. The van der Waals surface area contributed by atoms with Crippen LogP contribution in [0.3, 0.4) is 0 Å². The maximum atomic E-state index is 11.9. The number of anilines is 1. The number of fused-ring (bicyclic) bond motifs is 1. The number of aromatic nitrogens is 4. The van der Waals surface area contributed by atoms with E-state index in [0.29, 0.717) is 25.3 Å². The fourth-order valence-corrected chi connectivity index (χ4v) is 7.47. The molecule has 3 aromatic heterocycles. The standard InChI is InChI=1S/C23H30N6O3S2/c1-29(18-8-10-34(31,32)14-18)13-17-11-16(12-21-28-20-3-2-9-24-22(20)33-21)26-23(27-17)25-15-4-6-19(30)7-5-15/h2-3,9,11,15,18-19,30H,4-8,10,12-14H2,1H3,(H,25,26,27). The molecule has 34 heavy (non-hydrogen) atoms. The van der Waals surface area contributed by atoms with Gasteiger partial charge < -0.3 is 10.4 Å². The van der Waals surface area contributed by atoms with Gasteiger partial charge >= 0.3 is 0 Å². The van der Waals surface area contributed by atoms with Crippen molar-refractivity contribution in [1.82, 2.24) is 24.8 Å². The molecular formula is C23H30N6O3S2. The van der Waals surface area contributed by atoms with Gasteiger partial charge in [-0.3, -0.25) is 4.90 Å². The van der Waals surface area contributed by atoms with Crippen molar-refractivity contribution in [2.75, 3.05) is 23.9 Å². The minimum atomic E-state index is -2.95. The van der Waals surface area contributed by atoms with Gasteiger partial charge in [0.2, 0.25) is 5.95 Å². The molecule has 0 radical (unpaired) electrons. The summed E-state index contributed by atoms with van der Waals surface area (Å²) < 4.78 is 23.9. The van der Waals surface area contributed by atoms with Gasteiger partial charge in [-0.1, -0.05) is 11.3 Å². The van der Waals surface area contributed by atoms with Crippen LogP contribution in [0.25, 0.3) is 10.3 Å². The van der Waals surface area contributed by atoms with E-state index in [4.69, 9.17) is 15.0 Å². The number of sulfone groups is 1. The Bertz CT molecular complexity index is 1220. The summed E-state index contributed by atoms with van der Waals surface area (Å²) in [6, 6.07) is 6.08. The molecular weight excluding hydrogens is 472 g/mol. The topological polar surface area (TPSA) is 121 Å². The molecule has 1 unspecified atom stereocenters. The normalized spacial score (nSPS) is 24.6. The Hall–Kier alpha value is -2.21. The van der Waals surface area contributed by atoms with Gasteiger partial charge in [0.15, 0.2) is 9.84 Å². The number of hydrogen-bond acceptors (Lipinski definition) is 10. The number of pyridine rings is 1. The van der Waals surface area contributed by atoms with Crippen LogP contribution in [-0.2, 0) is 22.8 Å². The molecule has 1 aliphatic heterocycles. The number of hydrogen-bond donors (Lipinski definition) is 2. The summed E-state index contributed by atoms with van der Waals surface area (Å²) in [5.41, 5.74) is 2.61. The molecule has 1 atom stereocenters. The van der Waals surface area contributed by atoms with Crippen molar-refractivity contribution in [3.8, 4) is 0 Å². The number of aliphatic hydroxyl groups is 1. The third-order valence-corrected chi connectivity index (χ3v) is 9.38. The van der Waals surface area contributed by atoms with E-state index < -0.39 is 9.84 Å². The third-order valence-electron chi connectivity index (χ3n) is 6.65. The number of nitrogens with one attached hydrogen (secondary N) is 1. The van der Waals surface area contributed by atoms with Crippen molar-refractivity contribution in [2.24, 2.45) is 0 Å². The van der Waals surface area contributed by atoms with Crippen molar-refractivity contribution < 1.29 is 13.5 Å². The van der Waals surface area contributed by atoms with E-state index in [-0.39, 0.29) is 29.7 Å². The van der Waals surface area contributed by atoms with Gasteiger partial charge in [0.1, 0.15) is 15.4 Å². The van der Waals surface area contributed by atoms with Crippen molar-refractivity contribution >= 4 is 37.5 Å². The van der Waals surface area contributed by atoms with Crippen LogP contribution in [0.5, 0.6) is 0 Å². The molecule has 2 N–H and O–H groups in total. The van der Waals surface area contributed by atoms with E-state index in [0.717, 1.165) is 52.4 Å². The zero-order valence-electron chi connectivity index (χ0n) is 19.2. The maximum absolute atomic E-state index is 11.9. The quantitative estimate of drug-likeness (QED) is 0.501.